The van der Waals surface area contributed by atoms with Crippen LogP contribution in [0.15, 0.2) is 24.3 Å². The maximum absolute atomic E-state index is 13.0. The minimum Gasteiger partial charge on any atom is -0.396 e. The van der Waals surface area contributed by atoms with Crippen molar-refractivity contribution in [1.29, 1.82) is 0 Å². The lowest BCUT2D eigenvalue weighted by Crippen LogP contribution is -2.55. The molecular weight excluding hydrogens is 261 g/mol. The van der Waals surface area contributed by atoms with E-state index in [0.717, 1.165) is 25.2 Å². The summed E-state index contributed by atoms with van der Waals surface area (Å²) in [6.45, 7) is 4.53. The second-order valence-corrected chi connectivity index (χ2v) is 5.80. The third-order valence-corrected chi connectivity index (χ3v) is 4.10. The number of hydrogen-bond acceptors (Lipinski definition) is 4. The molecule has 0 bridgehead atoms. The van der Waals surface area contributed by atoms with Crippen molar-refractivity contribution in [2.75, 3.05) is 46.1 Å². The Hall–Kier alpha value is -1.01. The molecule has 1 N–H and O–H groups in total. The molecule has 0 spiro atoms. The average Bonchev–Trinajstić information content (AvgIpc) is 2.44. The number of hydrogen-bond donors (Lipinski definition) is 1. The summed E-state index contributed by atoms with van der Waals surface area (Å²) in [5.74, 6) is -0.229. The van der Waals surface area contributed by atoms with Crippen LogP contribution < -0.4 is 0 Å². The molecule has 1 atom stereocenters. The van der Waals surface area contributed by atoms with Crippen LogP contribution in [0, 0.1) is 11.2 Å². The van der Waals surface area contributed by atoms with E-state index in [-0.39, 0.29) is 23.9 Å². The van der Waals surface area contributed by atoms with Crippen LogP contribution in [0.1, 0.15) is 11.7 Å². The number of morpholine rings is 1. The van der Waals surface area contributed by atoms with Gasteiger partial charge in [0.1, 0.15) is 5.82 Å². The molecule has 1 aromatic rings. The van der Waals surface area contributed by atoms with Crippen LogP contribution in [-0.2, 0) is 9.47 Å². The first kappa shape index (κ1) is 13.9. The first-order valence-electron chi connectivity index (χ1n) is 6.99. The maximum Gasteiger partial charge on any atom is 0.123 e. The van der Waals surface area contributed by atoms with E-state index < -0.39 is 0 Å². The normalized spacial score (nSPS) is 26.2. The third kappa shape index (κ3) is 2.86. The lowest BCUT2D eigenvalue weighted by Gasteiger charge is -2.45. The van der Waals surface area contributed by atoms with Crippen LogP contribution in [0.2, 0.25) is 0 Å². The van der Waals surface area contributed by atoms with Crippen LogP contribution in [0.5, 0.6) is 0 Å². The summed E-state index contributed by atoms with van der Waals surface area (Å²) in [6.07, 6.45) is -0.0268. The second kappa shape index (κ2) is 5.77. The number of aliphatic hydroxyl groups excluding tert-OH is 1. The quantitative estimate of drug-likeness (QED) is 0.901. The number of ether oxygens (including phenoxy) is 2. The van der Waals surface area contributed by atoms with Crippen molar-refractivity contribution < 1.29 is 19.0 Å². The highest BCUT2D eigenvalue weighted by Crippen LogP contribution is 2.30. The minimum absolute atomic E-state index is 0.0268. The van der Waals surface area contributed by atoms with Crippen molar-refractivity contribution in [3.63, 3.8) is 0 Å². The fourth-order valence-electron chi connectivity index (χ4n) is 2.82. The Morgan fingerprint density at radius 1 is 1.30 bits per heavy atom. The summed E-state index contributed by atoms with van der Waals surface area (Å²) in [6, 6.07) is 6.48. The van der Waals surface area contributed by atoms with E-state index in [0.29, 0.717) is 19.8 Å². The van der Waals surface area contributed by atoms with Gasteiger partial charge in [-0.05, 0) is 17.7 Å². The molecule has 5 heteroatoms. The highest BCUT2D eigenvalue weighted by molar-refractivity contribution is 5.19. The van der Waals surface area contributed by atoms with Crippen molar-refractivity contribution in [2.45, 2.75) is 6.10 Å². The molecule has 110 valence electrons. The molecule has 0 radical (unpaired) electrons. The zero-order chi connectivity index (χ0) is 14.0. The van der Waals surface area contributed by atoms with Crippen LogP contribution in [0.3, 0.4) is 0 Å². The minimum atomic E-state index is -0.229. The molecule has 1 aromatic carbocycles. The predicted molar refractivity (Wildman–Crippen MR) is 71.9 cm³/mol. The molecule has 2 saturated heterocycles. The molecule has 4 nitrogen and oxygen atoms in total. The largest absolute Gasteiger partial charge is 0.396 e. The molecule has 2 fully saturated rings. The molecule has 0 aliphatic carbocycles. The van der Waals surface area contributed by atoms with Gasteiger partial charge in [-0.2, -0.15) is 0 Å². The molecule has 2 aliphatic heterocycles. The van der Waals surface area contributed by atoms with Crippen LogP contribution >= 0.6 is 0 Å². The fraction of sp³-hybridized carbons (Fsp3) is 0.600. The summed E-state index contributed by atoms with van der Waals surface area (Å²) in [4.78, 5) is 2.30. The summed E-state index contributed by atoms with van der Waals surface area (Å²) in [7, 11) is 0. The van der Waals surface area contributed by atoms with Crippen molar-refractivity contribution in [3.8, 4) is 0 Å². The highest BCUT2D eigenvalue weighted by Gasteiger charge is 2.40. The van der Waals surface area contributed by atoms with E-state index in [1.165, 1.54) is 12.1 Å². The molecule has 2 aliphatic rings. The smallest absolute Gasteiger partial charge is 0.123 e. The molecule has 2 heterocycles. The molecule has 0 amide bonds. The van der Waals surface area contributed by atoms with Gasteiger partial charge in [-0.3, -0.25) is 4.90 Å². The number of rotatable bonds is 4. The molecule has 20 heavy (non-hydrogen) atoms. The Bertz CT molecular complexity index is 441. The fourth-order valence-corrected chi connectivity index (χ4v) is 2.82. The Morgan fingerprint density at radius 2 is 2.05 bits per heavy atom. The van der Waals surface area contributed by atoms with Gasteiger partial charge in [-0.15, -0.1) is 0 Å². The van der Waals surface area contributed by atoms with Gasteiger partial charge in [0.15, 0.2) is 0 Å². The van der Waals surface area contributed by atoms with E-state index in [1.807, 2.05) is 0 Å². The van der Waals surface area contributed by atoms with Gasteiger partial charge in [0.2, 0.25) is 0 Å². The topological polar surface area (TPSA) is 41.9 Å². The zero-order valence-electron chi connectivity index (χ0n) is 11.4. The number of halogens is 1. The zero-order valence-corrected chi connectivity index (χ0v) is 11.4. The summed E-state index contributed by atoms with van der Waals surface area (Å²) >= 11 is 0. The van der Waals surface area contributed by atoms with Crippen LogP contribution in [0.4, 0.5) is 4.39 Å². The van der Waals surface area contributed by atoms with Gasteiger partial charge in [0, 0.05) is 19.6 Å². The van der Waals surface area contributed by atoms with E-state index in [9.17, 15) is 9.50 Å². The lowest BCUT2D eigenvalue weighted by atomic mass is 9.86. The number of aliphatic hydroxyl groups is 1. The van der Waals surface area contributed by atoms with Crippen molar-refractivity contribution in [2.24, 2.45) is 5.41 Å². The monoisotopic (exact) mass is 281 g/mol. The molecule has 1 unspecified atom stereocenters. The standard InChI is InChI=1S/C15H20FNO3/c16-13-3-1-12(2-4-13)14-7-17(5-6-20-14)8-15(9-18)10-19-11-15/h1-4,14,18H,5-11H2. The van der Waals surface area contributed by atoms with Gasteiger partial charge >= 0.3 is 0 Å². The van der Waals surface area contributed by atoms with Gasteiger partial charge in [-0.1, -0.05) is 12.1 Å². The Labute approximate surface area is 118 Å². The number of nitrogens with zero attached hydrogens (tertiary/aromatic N) is 1. The van der Waals surface area contributed by atoms with Gasteiger partial charge in [-0.25, -0.2) is 4.39 Å². The second-order valence-electron chi connectivity index (χ2n) is 5.80. The summed E-state index contributed by atoms with van der Waals surface area (Å²) < 4.78 is 24.0. The van der Waals surface area contributed by atoms with Crippen molar-refractivity contribution in [1.82, 2.24) is 4.90 Å². The van der Waals surface area contributed by atoms with E-state index in [1.54, 1.807) is 12.1 Å². The van der Waals surface area contributed by atoms with Gasteiger partial charge in [0.05, 0.1) is 37.9 Å². The first-order valence-corrected chi connectivity index (χ1v) is 6.99. The third-order valence-electron chi connectivity index (χ3n) is 4.10. The van der Waals surface area contributed by atoms with E-state index in [2.05, 4.69) is 4.90 Å². The Kier molecular flexibility index (Phi) is 4.03. The Morgan fingerprint density at radius 3 is 2.65 bits per heavy atom. The van der Waals surface area contributed by atoms with Crippen molar-refractivity contribution in [3.05, 3.63) is 35.6 Å². The summed E-state index contributed by atoms with van der Waals surface area (Å²) in [5, 5.41) is 9.50. The lowest BCUT2D eigenvalue weighted by molar-refractivity contribution is -0.158. The Balaban J connectivity index is 1.63. The number of benzene rings is 1. The maximum atomic E-state index is 13.0. The summed E-state index contributed by atoms with van der Waals surface area (Å²) in [5.41, 5.74) is 0.893. The van der Waals surface area contributed by atoms with Crippen LogP contribution in [0.25, 0.3) is 0 Å². The molecule has 0 aromatic heterocycles. The average molecular weight is 281 g/mol. The highest BCUT2D eigenvalue weighted by atomic mass is 19.1. The van der Waals surface area contributed by atoms with Gasteiger partial charge < -0.3 is 14.6 Å². The van der Waals surface area contributed by atoms with E-state index >= 15 is 0 Å². The SMILES string of the molecule is OCC1(CN2CCOC(c3ccc(F)cc3)C2)COC1. The van der Waals surface area contributed by atoms with Crippen LogP contribution in [-0.4, -0.2) is 56.1 Å². The van der Waals surface area contributed by atoms with Gasteiger partial charge in [0.25, 0.3) is 0 Å². The van der Waals surface area contributed by atoms with Crippen molar-refractivity contribution >= 4 is 0 Å². The molecule has 0 saturated carbocycles. The van der Waals surface area contributed by atoms with E-state index in [4.69, 9.17) is 9.47 Å². The molecule has 3 rings (SSSR count). The first-order chi connectivity index (χ1) is 9.71. The molecular formula is C15H20FNO3. The predicted octanol–water partition coefficient (Wildman–Crippen LogP) is 1.21.